The maximum Gasteiger partial charge on any atom is 0.490 e. The molecule has 7 N–H and O–H groups in total. The molecule has 21 heteroatoms. The topological polar surface area (TPSA) is 250 Å². The lowest BCUT2D eigenvalue weighted by Crippen LogP contribution is -2.44. The zero-order valence-corrected chi connectivity index (χ0v) is 20.3. The Morgan fingerprint density at radius 3 is 2.39 bits per heavy atom. The summed E-state index contributed by atoms with van der Waals surface area (Å²) in [4.78, 5) is 49.6. The van der Waals surface area contributed by atoms with Gasteiger partial charge in [0.1, 0.15) is 18.0 Å². The summed E-state index contributed by atoms with van der Waals surface area (Å²) in [5.41, 5.74) is 4.74. The van der Waals surface area contributed by atoms with Gasteiger partial charge in [-0.05, 0) is 24.6 Å². The molecule has 2 rings (SSSR count). The molecule has 1 aromatic rings. The number of anilines is 1. The van der Waals surface area contributed by atoms with E-state index in [0.29, 0.717) is 0 Å². The molecule has 6 atom stereocenters. The number of nitrogens with two attached hydrogens (primary N) is 1. The molecule has 0 saturated carbocycles. The highest BCUT2D eigenvalue weighted by atomic mass is 35.5. The Bertz CT molecular complexity index is 1180. The number of phosphoric acid groups is 3. The molecule has 1 fully saturated rings. The van der Waals surface area contributed by atoms with Crippen LogP contribution in [0.5, 0.6) is 0 Å². The Kier molecular flexibility index (Phi) is 8.62. The van der Waals surface area contributed by atoms with Crippen LogP contribution in [0.1, 0.15) is 11.9 Å². The highest BCUT2D eigenvalue weighted by Crippen LogP contribution is 2.66. The summed E-state index contributed by atoms with van der Waals surface area (Å²) >= 11 is 11.8. The number of alkyl halides is 1. The van der Waals surface area contributed by atoms with E-state index < -0.39 is 59.1 Å². The van der Waals surface area contributed by atoms with Gasteiger partial charge in [-0.25, -0.2) is 18.5 Å². The lowest BCUT2D eigenvalue weighted by molar-refractivity contribution is -0.0461. The van der Waals surface area contributed by atoms with E-state index in [1.165, 1.54) is 13.0 Å². The highest BCUT2D eigenvalue weighted by molar-refractivity contribution is 7.66. The van der Waals surface area contributed by atoms with Crippen LogP contribution < -0.4 is 11.4 Å². The van der Waals surface area contributed by atoms with E-state index in [1.807, 2.05) is 5.38 Å². The predicted molar refractivity (Wildman–Crippen MR) is 110 cm³/mol. The molecule has 2 heterocycles. The quantitative estimate of drug-likeness (QED) is 0.135. The first-order chi connectivity index (χ1) is 14.9. The number of ether oxygens (including phenoxy) is 1. The fourth-order valence-electron chi connectivity index (χ4n) is 2.73. The third-order valence-corrected chi connectivity index (χ3v) is 8.31. The third kappa shape index (κ3) is 7.08. The van der Waals surface area contributed by atoms with Gasteiger partial charge in [0.15, 0.2) is 11.1 Å². The predicted octanol–water partition coefficient (Wildman–Crippen LogP) is -0.0872. The number of aliphatic hydroxyl groups is 1. The summed E-state index contributed by atoms with van der Waals surface area (Å²) < 4.78 is 51.9. The van der Waals surface area contributed by atoms with Crippen LogP contribution in [-0.4, -0.2) is 57.9 Å². The third-order valence-electron chi connectivity index (χ3n) is 3.90. The Hall–Kier alpha value is -0.850. The van der Waals surface area contributed by atoms with Crippen LogP contribution in [0, 0.1) is 18.2 Å². The fourth-order valence-corrected chi connectivity index (χ4v) is 6.30. The molecule has 1 aliphatic heterocycles. The Morgan fingerprint density at radius 2 is 1.88 bits per heavy atom. The molecule has 1 saturated heterocycles. The average Bonchev–Trinajstić information content (AvgIpc) is 2.81. The van der Waals surface area contributed by atoms with E-state index in [4.69, 9.17) is 43.5 Å². The zero-order chi connectivity index (χ0) is 25.4. The number of phosphoric ester groups is 1. The second kappa shape index (κ2) is 10.0. The Labute approximate surface area is 194 Å². The van der Waals surface area contributed by atoms with Gasteiger partial charge in [0.05, 0.1) is 6.61 Å². The first-order valence-electron chi connectivity index (χ1n) is 8.20. The molecule has 33 heavy (non-hydrogen) atoms. The molecule has 0 amide bonds. The number of nitrogen functional groups attached to an aromatic ring is 1. The average molecular weight is 574 g/mol. The van der Waals surface area contributed by atoms with E-state index in [9.17, 15) is 33.4 Å². The van der Waals surface area contributed by atoms with Crippen LogP contribution in [0.4, 0.5) is 5.82 Å². The van der Waals surface area contributed by atoms with E-state index in [1.54, 1.807) is 0 Å². The van der Waals surface area contributed by atoms with Crippen LogP contribution in [0.3, 0.4) is 0 Å². The van der Waals surface area contributed by atoms with Gasteiger partial charge in [-0.3, -0.25) is 9.09 Å². The molecular weight excluding hydrogens is 558 g/mol. The number of halogens is 2. The van der Waals surface area contributed by atoms with Gasteiger partial charge >= 0.3 is 29.2 Å². The molecule has 1 aromatic heterocycles. The minimum atomic E-state index is -5.76. The van der Waals surface area contributed by atoms with E-state index in [2.05, 4.69) is 24.0 Å². The molecule has 0 aromatic carbocycles. The zero-order valence-electron chi connectivity index (χ0n) is 16.1. The summed E-state index contributed by atoms with van der Waals surface area (Å²) in [5, 5.41) is 12.5. The summed E-state index contributed by atoms with van der Waals surface area (Å²) in [6.45, 7) is 0.371. The van der Waals surface area contributed by atoms with E-state index in [-0.39, 0.29) is 11.5 Å². The van der Waals surface area contributed by atoms with Crippen LogP contribution in [-0.2, 0) is 31.6 Å². The van der Waals surface area contributed by atoms with Crippen molar-refractivity contribution in [3.8, 4) is 11.3 Å². The minimum Gasteiger partial charge on any atom is -0.387 e. The molecule has 3 unspecified atom stereocenters. The van der Waals surface area contributed by atoms with Gasteiger partial charge in [-0.1, -0.05) is 17.5 Å². The number of aromatic nitrogens is 2. The maximum atomic E-state index is 12.3. The van der Waals surface area contributed by atoms with Gasteiger partial charge < -0.3 is 35.2 Å². The molecule has 0 aliphatic carbocycles. The second-order valence-electron chi connectivity index (χ2n) is 6.32. The Morgan fingerprint density at radius 1 is 1.27 bits per heavy atom. The monoisotopic (exact) mass is 573 g/mol. The van der Waals surface area contributed by atoms with Crippen LogP contribution >= 0.6 is 46.7 Å². The molecule has 0 bridgehead atoms. The molecule has 1 aliphatic rings. The summed E-state index contributed by atoms with van der Waals surface area (Å²) in [7, 11) is -16.9. The molecule has 16 nitrogen and oxygen atoms in total. The Balaban J connectivity index is 2.28. The SMILES string of the molecule is Cc1cc(N)nc(=O)n1[C@@H]1O[C@H](COP(=O)(O)OP(=O)(O)OP(=O)(O)O)[C@H](O)C1(Cl)C#CCl. The van der Waals surface area contributed by atoms with Crippen molar-refractivity contribution in [3.05, 3.63) is 22.2 Å². The van der Waals surface area contributed by atoms with E-state index in [0.717, 1.165) is 4.57 Å². The number of nitrogens with zero attached hydrogens (tertiary/aromatic N) is 2. The summed E-state index contributed by atoms with van der Waals surface area (Å²) in [5.74, 6) is 2.13. The van der Waals surface area contributed by atoms with Crippen molar-refractivity contribution in [1.29, 1.82) is 0 Å². The standard InChI is InChI=1S/C12H16Cl2N3O13P3/c1-6-4-8(15)16-11(19)17(6)10-12(14,2-3-13)9(18)7(28-10)5-27-32(23,24)30-33(25,26)29-31(20,21)22/h4,7,9-10,18H,5H2,1H3,(H,23,24)(H,25,26)(H2,15,16,19)(H2,20,21,22)/t7-,9+,10-,12?/m1/s1. The molecular formula is C12H16Cl2N3O13P3. The number of aliphatic hydroxyl groups excluding tert-OH is 1. The first-order valence-corrected chi connectivity index (χ1v) is 13.5. The van der Waals surface area contributed by atoms with Crippen LogP contribution in [0.25, 0.3) is 0 Å². The van der Waals surface area contributed by atoms with Crippen LogP contribution in [0.15, 0.2) is 10.9 Å². The van der Waals surface area contributed by atoms with Gasteiger partial charge in [-0.2, -0.15) is 13.6 Å². The molecule has 0 spiro atoms. The minimum absolute atomic E-state index is 0.125. The number of rotatable bonds is 8. The fraction of sp³-hybridized carbons (Fsp3) is 0.500. The molecule has 186 valence electrons. The number of aryl methyl sites for hydroxylation is 1. The summed E-state index contributed by atoms with van der Waals surface area (Å²) in [6.07, 6.45) is -5.03. The van der Waals surface area contributed by atoms with Crippen molar-refractivity contribution >= 4 is 52.5 Å². The van der Waals surface area contributed by atoms with Crippen molar-refractivity contribution in [3.63, 3.8) is 0 Å². The van der Waals surface area contributed by atoms with Gasteiger partial charge in [0.2, 0.25) is 0 Å². The smallest absolute Gasteiger partial charge is 0.387 e. The van der Waals surface area contributed by atoms with Crippen molar-refractivity contribution < 1.29 is 56.3 Å². The van der Waals surface area contributed by atoms with Crippen molar-refractivity contribution in [2.24, 2.45) is 0 Å². The lowest BCUT2D eigenvalue weighted by Gasteiger charge is -2.26. The number of hydrogen-bond acceptors (Lipinski definition) is 11. The van der Waals surface area contributed by atoms with Crippen LogP contribution in [0.2, 0.25) is 0 Å². The van der Waals surface area contributed by atoms with Crippen molar-refractivity contribution in [1.82, 2.24) is 9.55 Å². The van der Waals surface area contributed by atoms with Crippen molar-refractivity contribution in [2.75, 3.05) is 12.3 Å². The largest absolute Gasteiger partial charge is 0.490 e. The van der Waals surface area contributed by atoms with E-state index >= 15 is 0 Å². The van der Waals surface area contributed by atoms with Gasteiger partial charge in [0, 0.05) is 11.1 Å². The maximum absolute atomic E-state index is 12.3. The summed E-state index contributed by atoms with van der Waals surface area (Å²) in [6, 6.07) is 1.28. The lowest BCUT2D eigenvalue weighted by atomic mass is 9.99. The molecule has 0 radical (unpaired) electrons. The first kappa shape index (κ1) is 28.4. The number of hydrogen-bond donors (Lipinski definition) is 6. The van der Waals surface area contributed by atoms with Crippen molar-refractivity contribution in [2.45, 2.75) is 30.2 Å². The highest BCUT2D eigenvalue weighted by Gasteiger charge is 2.57. The normalized spacial score (nSPS) is 29.0. The van der Waals surface area contributed by atoms with Gasteiger partial charge in [0.25, 0.3) is 0 Å². The second-order valence-corrected chi connectivity index (χ2v) is 11.6. The van der Waals surface area contributed by atoms with Gasteiger partial charge in [-0.15, -0.1) is 0 Å².